The van der Waals surface area contributed by atoms with E-state index < -0.39 is 0 Å². The van der Waals surface area contributed by atoms with Gasteiger partial charge in [0.15, 0.2) is 5.82 Å². The standard InChI is InChI=1S/C11H13N5/c1-7(2)9-14-10(16-11(12)15-9)8-5-3-4-6-13-8/h3-7H,1-2H3,(H2,12,14,15,16). The van der Waals surface area contributed by atoms with Crippen LogP contribution in [0.15, 0.2) is 24.4 Å². The molecule has 0 bridgehead atoms. The van der Waals surface area contributed by atoms with Gasteiger partial charge in [0.2, 0.25) is 5.95 Å². The summed E-state index contributed by atoms with van der Waals surface area (Å²) in [5, 5.41) is 0. The van der Waals surface area contributed by atoms with Gasteiger partial charge in [0.25, 0.3) is 0 Å². The Morgan fingerprint density at radius 1 is 1.12 bits per heavy atom. The zero-order valence-electron chi connectivity index (χ0n) is 9.25. The molecule has 0 atom stereocenters. The van der Waals surface area contributed by atoms with E-state index in [9.17, 15) is 0 Å². The quantitative estimate of drug-likeness (QED) is 0.823. The normalized spacial score (nSPS) is 10.7. The molecule has 0 saturated heterocycles. The van der Waals surface area contributed by atoms with Gasteiger partial charge in [-0.3, -0.25) is 4.98 Å². The molecular weight excluding hydrogens is 202 g/mol. The minimum atomic E-state index is 0.216. The van der Waals surface area contributed by atoms with E-state index in [2.05, 4.69) is 19.9 Å². The van der Waals surface area contributed by atoms with Crippen LogP contribution < -0.4 is 5.73 Å². The average Bonchev–Trinajstić information content (AvgIpc) is 2.29. The number of pyridine rings is 1. The zero-order valence-corrected chi connectivity index (χ0v) is 9.25. The Kier molecular flexibility index (Phi) is 2.76. The van der Waals surface area contributed by atoms with Gasteiger partial charge in [0, 0.05) is 12.1 Å². The number of nitrogens with two attached hydrogens (primary N) is 1. The predicted molar refractivity (Wildman–Crippen MR) is 61.6 cm³/mol. The first-order chi connectivity index (χ1) is 7.66. The van der Waals surface area contributed by atoms with Gasteiger partial charge in [-0.15, -0.1) is 0 Å². The molecule has 0 saturated carbocycles. The Hall–Kier alpha value is -2.04. The van der Waals surface area contributed by atoms with E-state index in [4.69, 9.17) is 5.73 Å². The highest BCUT2D eigenvalue weighted by molar-refractivity contribution is 5.49. The van der Waals surface area contributed by atoms with E-state index >= 15 is 0 Å². The summed E-state index contributed by atoms with van der Waals surface area (Å²) in [4.78, 5) is 16.7. The molecule has 0 aliphatic heterocycles. The Labute approximate surface area is 93.8 Å². The highest BCUT2D eigenvalue weighted by Crippen LogP contribution is 2.15. The molecule has 0 spiro atoms. The van der Waals surface area contributed by atoms with Crippen LogP contribution in [0.1, 0.15) is 25.6 Å². The first kappa shape index (κ1) is 10.5. The number of anilines is 1. The van der Waals surface area contributed by atoms with Gasteiger partial charge in [0.05, 0.1) is 0 Å². The predicted octanol–water partition coefficient (Wildman–Crippen LogP) is 1.64. The van der Waals surface area contributed by atoms with Crippen molar-refractivity contribution in [2.45, 2.75) is 19.8 Å². The summed E-state index contributed by atoms with van der Waals surface area (Å²) in [6.45, 7) is 4.02. The summed E-state index contributed by atoms with van der Waals surface area (Å²) in [6, 6.07) is 5.58. The van der Waals surface area contributed by atoms with Crippen molar-refractivity contribution in [3.8, 4) is 11.5 Å². The van der Waals surface area contributed by atoms with Gasteiger partial charge in [0.1, 0.15) is 11.5 Å². The van der Waals surface area contributed by atoms with Crippen LogP contribution in [0.2, 0.25) is 0 Å². The van der Waals surface area contributed by atoms with Crippen LogP contribution in [0.3, 0.4) is 0 Å². The van der Waals surface area contributed by atoms with Crippen LogP contribution in [-0.4, -0.2) is 19.9 Å². The van der Waals surface area contributed by atoms with Gasteiger partial charge in [-0.2, -0.15) is 9.97 Å². The maximum atomic E-state index is 5.64. The van der Waals surface area contributed by atoms with Crippen molar-refractivity contribution in [1.29, 1.82) is 0 Å². The van der Waals surface area contributed by atoms with E-state index in [1.54, 1.807) is 6.20 Å². The van der Waals surface area contributed by atoms with Crippen molar-refractivity contribution in [3.63, 3.8) is 0 Å². The number of aromatic nitrogens is 4. The van der Waals surface area contributed by atoms with Crippen LogP contribution in [0, 0.1) is 0 Å². The van der Waals surface area contributed by atoms with Crippen LogP contribution in [0.4, 0.5) is 5.95 Å². The van der Waals surface area contributed by atoms with Crippen molar-refractivity contribution >= 4 is 5.95 Å². The average molecular weight is 215 g/mol. The second-order valence-electron chi connectivity index (χ2n) is 3.75. The number of hydrogen-bond donors (Lipinski definition) is 1. The molecule has 0 aromatic carbocycles. The summed E-state index contributed by atoms with van der Waals surface area (Å²) >= 11 is 0. The van der Waals surface area contributed by atoms with Crippen molar-refractivity contribution in [2.75, 3.05) is 5.73 Å². The summed E-state index contributed by atoms with van der Waals surface area (Å²) in [6.07, 6.45) is 1.70. The molecule has 2 aromatic heterocycles. The molecule has 0 unspecified atom stereocenters. The molecule has 5 heteroatoms. The van der Waals surface area contributed by atoms with Crippen molar-refractivity contribution < 1.29 is 0 Å². The number of rotatable bonds is 2. The monoisotopic (exact) mass is 215 g/mol. The first-order valence-corrected chi connectivity index (χ1v) is 5.09. The second kappa shape index (κ2) is 4.22. The fourth-order valence-electron chi connectivity index (χ4n) is 1.28. The molecule has 0 aliphatic carbocycles. The largest absolute Gasteiger partial charge is 0.368 e. The van der Waals surface area contributed by atoms with Crippen LogP contribution >= 0.6 is 0 Å². The molecule has 5 nitrogen and oxygen atoms in total. The lowest BCUT2D eigenvalue weighted by Crippen LogP contribution is -2.06. The summed E-state index contributed by atoms with van der Waals surface area (Å²) < 4.78 is 0. The molecule has 0 aliphatic rings. The van der Waals surface area contributed by atoms with Crippen molar-refractivity contribution in [1.82, 2.24) is 19.9 Å². The minimum absolute atomic E-state index is 0.216. The van der Waals surface area contributed by atoms with Gasteiger partial charge in [-0.05, 0) is 12.1 Å². The lowest BCUT2D eigenvalue weighted by molar-refractivity contribution is 0.766. The fraction of sp³-hybridized carbons (Fsp3) is 0.273. The minimum Gasteiger partial charge on any atom is -0.368 e. The molecule has 2 aromatic rings. The lowest BCUT2D eigenvalue weighted by atomic mass is 10.2. The lowest BCUT2D eigenvalue weighted by Gasteiger charge is -2.06. The third-order valence-electron chi connectivity index (χ3n) is 2.08. The fourth-order valence-corrected chi connectivity index (χ4v) is 1.28. The molecule has 0 radical (unpaired) electrons. The van der Waals surface area contributed by atoms with Gasteiger partial charge in [-0.25, -0.2) is 4.98 Å². The molecule has 0 amide bonds. The molecular formula is C11H13N5. The second-order valence-corrected chi connectivity index (χ2v) is 3.75. The van der Waals surface area contributed by atoms with E-state index in [0.717, 1.165) is 0 Å². The summed E-state index contributed by atoms with van der Waals surface area (Å²) in [7, 11) is 0. The SMILES string of the molecule is CC(C)c1nc(N)nc(-c2ccccn2)n1. The number of hydrogen-bond acceptors (Lipinski definition) is 5. The van der Waals surface area contributed by atoms with E-state index in [-0.39, 0.29) is 11.9 Å². The van der Waals surface area contributed by atoms with E-state index in [1.165, 1.54) is 0 Å². The van der Waals surface area contributed by atoms with E-state index in [0.29, 0.717) is 17.3 Å². The maximum absolute atomic E-state index is 5.64. The maximum Gasteiger partial charge on any atom is 0.223 e. The van der Waals surface area contributed by atoms with Crippen molar-refractivity contribution in [3.05, 3.63) is 30.2 Å². The van der Waals surface area contributed by atoms with Gasteiger partial charge < -0.3 is 5.73 Å². The first-order valence-electron chi connectivity index (χ1n) is 5.09. The molecule has 0 fully saturated rings. The third-order valence-corrected chi connectivity index (χ3v) is 2.08. The Balaban J connectivity index is 2.50. The number of nitrogen functional groups attached to an aromatic ring is 1. The van der Waals surface area contributed by atoms with Crippen LogP contribution in [0.25, 0.3) is 11.5 Å². The highest BCUT2D eigenvalue weighted by atomic mass is 15.1. The van der Waals surface area contributed by atoms with Gasteiger partial charge in [-0.1, -0.05) is 19.9 Å². The number of nitrogens with zero attached hydrogens (tertiary/aromatic N) is 4. The van der Waals surface area contributed by atoms with Crippen LogP contribution in [-0.2, 0) is 0 Å². The molecule has 2 N–H and O–H groups in total. The highest BCUT2D eigenvalue weighted by Gasteiger charge is 2.09. The molecule has 2 rings (SSSR count). The topological polar surface area (TPSA) is 77.6 Å². The summed E-state index contributed by atoms with van der Waals surface area (Å²) in [5.74, 6) is 1.66. The Bertz CT molecular complexity index is 481. The van der Waals surface area contributed by atoms with Crippen molar-refractivity contribution in [2.24, 2.45) is 0 Å². The van der Waals surface area contributed by atoms with Gasteiger partial charge >= 0.3 is 0 Å². The van der Waals surface area contributed by atoms with Crippen LogP contribution in [0.5, 0.6) is 0 Å². The Morgan fingerprint density at radius 3 is 2.56 bits per heavy atom. The molecule has 2 heterocycles. The smallest absolute Gasteiger partial charge is 0.223 e. The Morgan fingerprint density at radius 2 is 1.94 bits per heavy atom. The molecule has 16 heavy (non-hydrogen) atoms. The summed E-state index contributed by atoms with van der Waals surface area (Å²) in [5.41, 5.74) is 6.35. The van der Waals surface area contributed by atoms with E-state index in [1.807, 2.05) is 32.0 Å². The third kappa shape index (κ3) is 2.13. The molecule has 82 valence electrons. The zero-order chi connectivity index (χ0) is 11.5.